The van der Waals surface area contributed by atoms with Gasteiger partial charge in [-0.2, -0.15) is 5.26 Å². The van der Waals surface area contributed by atoms with Crippen molar-refractivity contribution in [2.75, 3.05) is 48.6 Å². The molecule has 0 N–H and O–H groups in total. The molecule has 0 aromatic heterocycles. The lowest BCUT2D eigenvalue weighted by atomic mass is 10.0. The first kappa shape index (κ1) is 31.2. The third-order valence-electron chi connectivity index (χ3n) is 6.07. The first-order valence-corrected chi connectivity index (χ1v) is 12.0. The van der Waals surface area contributed by atoms with Gasteiger partial charge in [-0.1, -0.05) is 19.9 Å². The van der Waals surface area contributed by atoms with Crippen LogP contribution in [0.1, 0.15) is 37.8 Å². The number of methoxy groups -OCH3 is 4. The Morgan fingerprint density at radius 1 is 0.833 bits per heavy atom. The van der Waals surface area contributed by atoms with Crippen LogP contribution in [0.5, 0.6) is 28.7 Å². The Morgan fingerprint density at radius 3 is 2.06 bits per heavy atom. The minimum atomic E-state index is 0. The third-order valence-corrected chi connectivity index (χ3v) is 6.07. The highest BCUT2D eigenvalue weighted by Crippen LogP contribution is 2.40. The maximum Gasteiger partial charge on any atom is 0.203 e. The molecule has 0 radical (unpaired) electrons. The molecule has 0 amide bonds. The van der Waals surface area contributed by atoms with Gasteiger partial charge in [0.05, 0.1) is 40.9 Å². The van der Waals surface area contributed by atoms with E-state index in [1.54, 1.807) is 28.4 Å². The van der Waals surface area contributed by atoms with Crippen molar-refractivity contribution >= 4 is 12.4 Å². The molecule has 0 bridgehead atoms. The molecule has 0 spiro atoms. The summed E-state index contributed by atoms with van der Waals surface area (Å²) in [5, 5.41) is 9.13. The second-order valence-corrected chi connectivity index (χ2v) is 8.95. The zero-order valence-electron chi connectivity index (χ0n) is 22.6. The highest BCUT2D eigenvalue weighted by molar-refractivity contribution is 5.85. The standard InChI is InChI=1S/C28H40N2O5.ClH/c1-20(2)23(35-27-19-22(12-14-29)18-26(33-6)28(27)34-7)9-8-15-30(3)16-13-21-10-11-24(31-4)25(17-21)32-5;/h10-11,17-20,23H,8-9,12-13,15-16H2,1-7H3;1H. The van der Waals surface area contributed by atoms with Crippen LogP contribution in [0.25, 0.3) is 0 Å². The summed E-state index contributed by atoms with van der Waals surface area (Å²) in [5.41, 5.74) is 2.06. The Bertz CT molecular complexity index is 977. The summed E-state index contributed by atoms with van der Waals surface area (Å²) in [6.45, 7) is 6.24. The van der Waals surface area contributed by atoms with Crippen LogP contribution in [-0.2, 0) is 12.8 Å². The molecule has 1 atom stereocenters. The molecule has 2 aromatic rings. The van der Waals surface area contributed by atoms with Crippen LogP contribution in [0.2, 0.25) is 0 Å². The number of hydrogen-bond acceptors (Lipinski definition) is 7. The number of benzene rings is 2. The van der Waals surface area contributed by atoms with E-state index in [2.05, 4.69) is 37.9 Å². The zero-order valence-corrected chi connectivity index (χ0v) is 23.4. The monoisotopic (exact) mass is 520 g/mol. The average molecular weight is 521 g/mol. The summed E-state index contributed by atoms with van der Waals surface area (Å²) in [6, 6.07) is 12.0. The Hall–Kier alpha value is -2.82. The van der Waals surface area contributed by atoms with Crippen LogP contribution in [0.4, 0.5) is 0 Å². The number of halogens is 1. The predicted molar refractivity (Wildman–Crippen MR) is 145 cm³/mol. The van der Waals surface area contributed by atoms with Crippen molar-refractivity contribution < 1.29 is 23.7 Å². The normalized spacial score (nSPS) is 11.4. The van der Waals surface area contributed by atoms with Gasteiger partial charge >= 0.3 is 0 Å². The van der Waals surface area contributed by atoms with Gasteiger partial charge in [0.1, 0.15) is 6.10 Å². The molecule has 0 aliphatic heterocycles. The van der Waals surface area contributed by atoms with E-state index >= 15 is 0 Å². The van der Waals surface area contributed by atoms with Gasteiger partial charge in [0.25, 0.3) is 0 Å². The minimum Gasteiger partial charge on any atom is -0.493 e. The largest absolute Gasteiger partial charge is 0.493 e. The number of ether oxygens (including phenoxy) is 5. The number of likely N-dealkylation sites (N-methyl/N-ethyl adjacent to an activating group) is 1. The fourth-order valence-electron chi connectivity index (χ4n) is 3.99. The number of rotatable bonds is 15. The van der Waals surface area contributed by atoms with Crippen LogP contribution in [0.3, 0.4) is 0 Å². The second-order valence-electron chi connectivity index (χ2n) is 8.95. The summed E-state index contributed by atoms with van der Waals surface area (Å²) in [6.07, 6.45) is 3.15. The molecule has 0 aliphatic carbocycles. The predicted octanol–water partition coefficient (Wildman–Crippen LogP) is 5.57. The molecule has 0 saturated heterocycles. The van der Waals surface area contributed by atoms with Crippen molar-refractivity contribution in [2.45, 2.75) is 45.6 Å². The molecule has 0 saturated carbocycles. The van der Waals surface area contributed by atoms with Gasteiger partial charge in [-0.3, -0.25) is 0 Å². The summed E-state index contributed by atoms with van der Waals surface area (Å²) < 4.78 is 28.2. The molecule has 0 aliphatic rings. The third kappa shape index (κ3) is 9.00. The van der Waals surface area contributed by atoms with Crippen LogP contribution in [0, 0.1) is 17.2 Å². The summed E-state index contributed by atoms with van der Waals surface area (Å²) in [4.78, 5) is 2.34. The van der Waals surface area contributed by atoms with E-state index in [9.17, 15) is 0 Å². The Labute approximate surface area is 222 Å². The summed E-state index contributed by atoms with van der Waals surface area (Å²) in [7, 11) is 8.65. The molecular weight excluding hydrogens is 480 g/mol. The molecular formula is C28H41ClN2O5. The fourth-order valence-corrected chi connectivity index (χ4v) is 3.99. The maximum absolute atomic E-state index is 9.13. The van der Waals surface area contributed by atoms with Gasteiger partial charge in [-0.15, -0.1) is 12.4 Å². The van der Waals surface area contributed by atoms with Crippen molar-refractivity contribution in [3.8, 4) is 34.8 Å². The zero-order chi connectivity index (χ0) is 25.8. The lowest BCUT2D eigenvalue weighted by molar-refractivity contribution is 0.129. The number of nitrogens with zero attached hydrogens (tertiary/aromatic N) is 2. The van der Waals surface area contributed by atoms with E-state index in [1.807, 2.05) is 24.3 Å². The topological polar surface area (TPSA) is 73.2 Å². The van der Waals surface area contributed by atoms with Crippen molar-refractivity contribution in [1.82, 2.24) is 4.90 Å². The molecule has 0 heterocycles. The summed E-state index contributed by atoms with van der Waals surface area (Å²) >= 11 is 0. The van der Waals surface area contributed by atoms with E-state index in [-0.39, 0.29) is 24.9 Å². The van der Waals surface area contributed by atoms with E-state index in [1.165, 1.54) is 5.56 Å². The van der Waals surface area contributed by atoms with E-state index < -0.39 is 0 Å². The molecule has 0 fully saturated rings. The van der Waals surface area contributed by atoms with Gasteiger partial charge in [0.15, 0.2) is 23.0 Å². The Kier molecular flexibility index (Phi) is 13.9. The van der Waals surface area contributed by atoms with Gasteiger partial charge < -0.3 is 28.6 Å². The van der Waals surface area contributed by atoms with Gasteiger partial charge in [0.2, 0.25) is 5.75 Å². The minimum absolute atomic E-state index is 0. The van der Waals surface area contributed by atoms with Crippen molar-refractivity contribution in [3.05, 3.63) is 41.5 Å². The quantitative estimate of drug-likeness (QED) is 0.304. The smallest absolute Gasteiger partial charge is 0.203 e. The summed E-state index contributed by atoms with van der Waals surface area (Å²) in [5.74, 6) is 3.59. The first-order chi connectivity index (χ1) is 16.9. The van der Waals surface area contributed by atoms with Crippen molar-refractivity contribution in [1.29, 1.82) is 5.26 Å². The van der Waals surface area contributed by atoms with Crippen LogP contribution in [-0.4, -0.2) is 59.6 Å². The second kappa shape index (κ2) is 16.0. The molecule has 2 rings (SSSR count). The van der Waals surface area contributed by atoms with Crippen molar-refractivity contribution in [3.63, 3.8) is 0 Å². The number of nitriles is 1. The number of hydrogen-bond donors (Lipinski definition) is 0. The Morgan fingerprint density at radius 2 is 1.47 bits per heavy atom. The van der Waals surface area contributed by atoms with Crippen LogP contribution >= 0.6 is 12.4 Å². The van der Waals surface area contributed by atoms with E-state index in [0.29, 0.717) is 23.2 Å². The fraction of sp³-hybridized carbons (Fsp3) is 0.536. The van der Waals surface area contributed by atoms with E-state index in [0.717, 1.165) is 49.4 Å². The van der Waals surface area contributed by atoms with Gasteiger partial charge in [-0.25, -0.2) is 0 Å². The highest BCUT2D eigenvalue weighted by Gasteiger charge is 2.21. The van der Waals surface area contributed by atoms with Crippen LogP contribution in [0.15, 0.2) is 30.3 Å². The maximum atomic E-state index is 9.13. The Balaban J connectivity index is 0.00000648. The lowest BCUT2D eigenvalue weighted by Gasteiger charge is -2.26. The first-order valence-electron chi connectivity index (χ1n) is 12.0. The average Bonchev–Trinajstić information content (AvgIpc) is 2.86. The highest BCUT2D eigenvalue weighted by atomic mass is 35.5. The lowest BCUT2D eigenvalue weighted by Crippen LogP contribution is -2.27. The molecule has 8 heteroatoms. The van der Waals surface area contributed by atoms with Gasteiger partial charge in [0, 0.05) is 6.54 Å². The van der Waals surface area contributed by atoms with Gasteiger partial charge in [-0.05, 0) is 74.2 Å². The molecule has 36 heavy (non-hydrogen) atoms. The molecule has 7 nitrogen and oxygen atoms in total. The molecule has 200 valence electrons. The van der Waals surface area contributed by atoms with Crippen molar-refractivity contribution in [2.24, 2.45) is 5.92 Å². The van der Waals surface area contributed by atoms with Crippen LogP contribution < -0.4 is 23.7 Å². The molecule has 2 aromatic carbocycles. The van der Waals surface area contributed by atoms with E-state index in [4.69, 9.17) is 28.9 Å². The molecule has 1 unspecified atom stereocenters. The SMILES string of the molecule is COc1ccc(CCN(C)CCCC(Oc2cc(CC#N)cc(OC)c2OC)C(C)C)cc1OC.Cl.